The maximum absolute atomic E-state index is 12.4. The number of carbonyl (C=O) groups is 1. The number of pyridine rings is 1. The van der Waals surface area contributed by atoms with Crippen LogP contribution in [-0.4, -0.2) is 28.9 Å². The van der Waals surface area contributed by atoms with E-state index in [-0.39, 0.29) is 17.0 Å². The maximum atomic E-state index is 12.4. The number of hydrogen-bond acceptors (Lipinski definition) is 4. The number of ether oxygens (including phenoxy) is 2. The van der Waals surface area contributed by atoms with Crippen LogP contribution >= 0.6 is 0 Å². The Labute approximate surface area is 157 Å². The lowest BCUT2D eigenvalue weighted by Crippen LogP contribution is -2.32. The Morgan fingerprint density at radius 3 is 2.44 bits per heavy atom. The maximum Gasteiger partial charge on any atom is 0.341 e. The highest BCUT2D eigenvalue weighted by Gasteiger charge is 2.34. The van der Waals surface area contributed by atoms with Crippen LogP contribution in [0.5, 0.6) is 11.5 Å². The zero-order valence-electron chi connectivity index (χ0n) is 15.7. The molecular weight excluding hydrogens is 346 g/mol. The summed E-state index contributed by atoms with van der Waals surface area (Å²) in [4.78, 5) is 23.9. The third kappa shape index (κ3) is 2.99. The summed E-state index contributed by atoms with van der Waals surface area (Å²) in [5.74, 6) is 0.200. The van der Waals surface area contributed by atoms with Crippen LogP contribution in [0.1, 0.15) is 49.2 Å². The highest BCUT2D eigenvalue weighted by molar-refractivity contribution is 5.88. The van der Waals surface area contributed by atoms with E-state index in [1.54, 1.807) is 0 Å². The van der Waals surface area contributed by atoms with Crippen molar-refractivity contribution in [2.24, 2.45) is 5.41 Å². The van der Waals surface area contributed by atoms with E-state index in [9.17, 15) is 14.7 Å². The number of benzene rings is 1. The van der Waals surface area contributed by atoms with Crippen molar-refractivity contribution in [3.8, 4) is 22.8 Å². The summed E-state index contributed by atoms with van der Waals surface area (Å²) in [5.41, 5.74) is 1.89. The Hall–Kier alpha value is -2.76. The molecule has 1 N–H and O–H groups in total. The first-order chi connectivity index (χ1) is 12.8. The minimum atomic E-state index is -1.20. The summed E-state index contributed by atoms with van der Waals surface area (Å²) in [6.07, 6.45) is 3.04. The Balaban J connectivity index is 1.97. The summed E-state index contributed by atoms with van der Waals surface area (Å²) in [6.45, 7) is 7.56. The SMILES string of the molecule is CC(C)(C)[C@H]1Cc2cc3c(cc2-c2cc(=O)c(C(=O)O)cn21)OCCCO3. The summed E-state index contributed by atoms with van der Waals surface area (Å²) >= 11 is 0. The molecule has 3 heterocycles. The summed E-state index contributed by atoms with van der Waals surface area (Å²) in [5, 5.41) is 9.39. The van der Waals surface area contributed by atoms with Gasteiger partial charge < -0.3 is 19.1 Å². The molecule has 1 aromatic carbocycles. The molecule has 0 fully saturated rings. The van der Waals surface area contributed by atoms with Gasteiger partial charge in [0.15, 0.2) is 16.9 Å². The van der Waals surface area contributed by atoms with E-state index in [4.69, 9.17) is 9.47 Å². The fourth-order valence-corrected chi connectivity index (χ4v) is 3.87. The first kappa shape index (κ1) is 17.6. The predicted molar refractivity (Wildman–Crippen MR) is 101 cm³/mol. The van der Waals surface area contributed by atoms with Crippen molar-refractivity contribution in [3.63, 3.8) is 0 Å². The number of aromatic nitrogens is 1. The lowest BCUT2D eigenvalue weighted by atomic mass is 9.78. The molecule has 2 aliphatic rings. The van der Waals surface area contributed by atoms with Gasteiger partial charge in [-0.2, -0.15) is 0 Å². The van der Waals surface area contributed by atoms with E-state index in [2.05, 4.69) is 20.8 Å². The Morgan fingerprint density at radius 2 is 1.81 bits per heavy atom. The van der Waals surface area contributed by atoms with E-state index in [1.165, 1.54) is 12.3 Å². The molecule has 1 aromatic heterocycles. The van der Waals surface area contributed by atoms with E-state index in [0.29, 0.717) is 19.0 Å². The second kappa shape index (κ2) is 6.15. The van der Waals surface area contributed by atoms with Gasteiger partial charge in [0.1, 0.15) is 5.56 Å². The summed E-state index contributed by atoms with van der Waals surface area (Å²) in [6, 6.07) is 5.38. The van der Waals surface area contributed by atoms with Crippen molar-refractivity contribution in [1.29, 1.82) is 0 Å². The molecule has 0 radical (unpaired) electrons. The van der Waals surface area contributed by atoms with Gasteiger partial charge in [-0.3, -0.25) is 4.79 Å². The van der Waals surface area contributed by atoms with E-state index >= 15 is 0 Å². The molecule has 6 nitrogen and oxygen atoms in total. The molecule has 0 unspecified atom stereocenters. The van der Waals surface area contributed by atoms with Crippen LogP contribution in [0.4, 0.5) is 0 Å². The monoisotopic (exact) mass is 369 g/mol. The molecule has 0 saturated carbocycles. The van der Waals surface area contributed by atoms with Crippen LogP contribution in [0.2, 0.25) is 0 Å². The second-order valence-electron chi connectivity index (χ2n) is 8.24. The first-order valence-corrected chi connectivity index (χ1v) is 9.18. The van der Waals surface area contributed by atoms with Gasteiger partial charge in [-0.15, -0.1) is 0 Å². The number of carboxylic acids is 1. The van der Waals surface area contributed by atoms with Gasteiger partial charge >= 0.3 is 5.97 Å². The molecule has 0 amide bonds. The van der Waals surface area contributed by atoms with Crippen LogP contribution < -0.4 is 14.9 Å². The Kier molecular flexibility index (Phi) is 4.02. The van der Waals surface area contributed by atoms with Gasteiger partial charge in [0, 0.05) is 30.3 Å². The van der Waals surface area contributed by atoms with Gasteiger partial charge in [0.2, 0.25) is 0 Å². The van der Waals surface area contributed by atoms with Crippen LogP contribution in [0.15, 0.2) is 29.2 Å². The van der Waals surface area contributed by atoms with Crippen LogP contribution in [-0.2, 0) is 6.42 Å². The minimum Gasteiger partial charge on any atom is -0.490 e. The molecular formula is C21H23NO5. The number of nitrogens with zero attached hydrogens (tertiary/aromatic N) is 1. The zero-order valence-corrected chi connectivity index (χ0v) is 15.7. The third-order valence-corrected chi connectivity index (χ3v) is 5.31. The minimum absolute atomic E-state index is 0.0171. The average Bonchev–Trinajstić information content (AvgIpc) is 2.82. The van der Waals surface area contributed by atoms with Crippen molar-refractivity contribution in [2.45, 2.75) is 39.7 Å². The van der Waals surface area contributed by atoms with Crippen LogP contribution in [0.25, 0.3) is 11.3 Å². The summed E-state index contributed by atoms with van der Waals surface area (Å²) < 4.78 is 13.6. The second-order valence-corrected chi connectivity index (χ2v) is 8.24. The topological polar surface area (TPSA) is 77.8 Å². The largest absolute Gasteiger partial charge is 0.490 e. The van der Waals surface area contributed by atoms with Crippen molar-refractivity contribution in [3.05, 3.63) is 45.7 Å². The number of hydrogen-bond donors (Lipinski definition) is 1. The van der Waals surface area contributed by atoms with Crippen molar-refractivity contribution >= 4 is 5.97 Å². The van der Waals surface area contributed by atoms with Crippen LogP contribution in [0.3, 0.4) is 0 Å². The number of aromatic carboxylic acids is 1. The average molecular weight is 369 g/mol. The van der Waals surface area contributed by atoms with E-state index in [0.717, 1.165) is 35.4 Å². The predicted octanol–water partition coefficient (Wildman–Crippen LogP) is 3.52. The molecule has 142 valence electrons. The Bertz CT molecular complexity index is 983. The molecule has 27 heavy (non-hydrogen) atoms. The molecule has 0 bridgehead atoms. The lowest BCUT2D eigenvalue weighted by Gasteiger charge is -2.39. The van der Waals surface area contributed by atoms with Gasteiger partial charge in [-0.05, 0) is 29.5 Å². The van der Waals surface area contributed by atoms with Crippen LogP contribution in [0, 0.1) is 5.41 Å². The fourth-order valence-electron chi connectivity index (χ4n) is 3.87. The van der Waals surface area contributed by atoms with E-state index in [1.807, 2.05) is 16.7 Å². The third-order valence-electron chi connectivity index (χ3n) is 5.31. The van der Waals surface area contributed by atoms with Gasteiger partial charge in [-0.1, -0.05) is 20.8 Å². The number of rotatable bonds is 1. The molecule has 1 atom stereocenters. The molecule has 0 spiro atoms. The Morgan fingerprint density at radius 1 is 1.15 bits per heavy atom. The van der Waals surface area contributed by atoms with Gasteiger partial charge in [0.05, 0.1) is 18.9 Å². The fraction of sp³-hybridized carbons (Fsp3) is 0.429. The highest BCUT2D eigenvalue weighted by Crippen LogP contribution is 2.46. The molecule has 2 aliphatic heterocycles. The summed E-state index contributed by atoms with van der Waals surface area (Å²) in [7, 11) is 0. The molecule has 6 heteroatoms. The molecule has 0 aliphatic carbocycles. The normalized spacial score (nSPS) is 18.3. The molecule has 2 aromatic rings. The molecule has 0 saturated heterocycles. The standard InChI is InChI=1S/C21H23NO5/c1-21(2,3)19-8-12-7-17-18(27-6-4-5-26-17)9-13(12)15-10-16(23)14(20(24)25)11-22(15)19/h7,9-11,19H,4-6,8H2,1-3H3,(H,24,25)/t19-/m1/s1. The van der Waals surface area contributed by atoms with E-state index < -0.39 is 11.4 Å². The van der Waals surface area contributed by atoms with Crippen molar-refractivity contribution < 1.29 is 19.4 Å². The van der Waals surface area contributed by atoms with Crippen molar-refractivity contribution in [2.75, 3.05) is 13.2 Å². The number of carboxylic acid groups (broad SMARTS) is 1. The number of fused-ring (bicyclic) bond motifs is 4. The quantitative estimate of drug-likeness (QED) is 0.832. The van der Waals surface area contributed by atoms with Gasteiger partial charge in [0.25, 0.3) is 0 Å². The molecule has 4 rings (SSSR count). The highest BCUT2D eigenvalue weighted by atomic mass is 16.5. The lowest BCUT2D eigenvalue weighted by molar-refractivity contribution is 0.0693. The van der Waals surface area contributed by atoms with Gasteiger partial charge in [-0.25, -0.2) is 4.79 Å². The zero-order chi connectivity index (χ0) is 19.3. The van der Waals surface area contributed by atoms with Crippen molar-refractivity contribution in [1.82, 2.24) is 4.57 Å². The first-order valence-electron chi connectivity index (χ1n) is 9.18. The smallest absolute Gasteiger partial charge is 0.341 e.